The zero-order valence-electron chi connectivity index (χ0n) is 18.2. The number of aromatic nitrogens is 2. The van der Waals surface area contributed by atoms with Gasteiger partial charge in [0.2, 0.25) is 5.91 Å². The smallest absolute Gasteiger partial charge is 0.226 e. The number of hydrogen-bond donors (Lipinski definition) is 1. The summed E-state index contributed by atoms with van der Waals surface area (Å²) in [5.74, 6) is 1.69. The van der Waals surface area contributed by atoms with Crippen molar-refractivity contribution in [2.75, 3.05) is 39.1 Å². The molecule has 0 aliphatic carbocycles. The quantitative estimate of drug-likeness (QED) is 0.764. The zero-order valence-corrected chi connectivity index (χ0v) is 18.2. The molecule has 1 fully saturated rings. The van der Waals surface area contributed by atoms with Crippen LogP contribution in [-0.4, -0.2) is 59.5 Å². The highest BCUT2D eigenvalue weighted by atomic mass is 19.1. The minimum Gasteiger partial charge on any atom is -0.493 e. The van der Waals surface area contributed by atoms with Crippen LogP contribution >= 0.6 is 0 Å². The average Bonchev–Trinajstić information content (AvgIpc) is 2.78. The fourth-order valence-corrected chi connectivity index (χ4v) is 4.38. The van der Waals surface area contributed by atoms with Crippen LogP contribution in [0.1, 0.15) is 48.8 Å². The maximum atomic E-state index is 13.3. The summed E-state index contributed by atoms with van der Waals surface area (Å²) in [5, 5.41) is 3.22. The first-order chi connectivity index (χ1) is 15.0. The Morgan fingerprint density at radius 3 is 2.97 bits per heavy atom. The topological polar surface area (TPSA) is 70.6 Å². The first-order valence-electron chi connectivity index (χ1n) is 11.0. The van der Waals surface area contributed by atoms with Gasteiger partial charge in [-0.3, -0.25) is 4.79 Å². The third-order valence-corrected chi connectivity index (χ3v) is 6.01. The predicted molar refractivity (Wildman–Crippen MR) is 116 cm³/mol. The SMILES string of the molecule is CNc1nc([C@@H]2CCCCN2C(=O)CCOc2cccc(F)c2)nc2c1CN(C)CC2. The Hall–Kier alpha value is -2.74. The summed E-state index contributed by atoms with van der Waals surface area (Å²) >= 11 is 0. The second kappa shape index (κ2) is 9.60. The van der Waals surface area contributed by atoms with E-state index in [1.165, 1.54) is 12.1 Å². The normalized spacial score (nSPS) is 19.1. The van der Waals surface area contributed by atoms with Crippen LogP contribution in [0, 0.1) is 5.82 Å². The van der Waals surface area contributed by atoms with Gasteiger partial charge in [0.1, 0.15) is 17.4 Å². The van der Waals surface area contributed by atoms with Crippen LogP contribution in [0.3, 0.4) is 0 Å². The van der Waals surface area contributed by atoms with Gasteiger partial charge in [-0.1, -0.05) is 6.07 Å². The van der Waals surface area contributed by atoms with Crippen molar-refractivity contribution in [2.45, 2.75) is 44.7 Å². The lowest BCUT2D eigenvalue weighted by atomic mass is 9.99. The fourth-order valence-electron chi connectivity index (χ4n) is 4.38. The van der Waals surface area contributed by atoms with E-state index in [0.29, 0.717) is 12.3 Å². The highest BCUT2D eigenvalue weighted by Crippen LogP contribution is 2.32. The first-order valence-corrected chi connectivity index (χ1v) is 11.0. The molecule has 1 N–H and O–H groups in total. The molecule has 1 aromatic carbocycles. The molecule has 1 saturated heterocycles. The van der Waals surface area contributed by atoms with Crippen molar-refractivity contribution >= 4 is 11.7 Å². The van der Waals surface area contributed by atoms with E-state index in [2.05, 4.69) is 17.3 Å². The van der Waals surface area contributed by atoms with Crippen molar-refractivity contribution in [2.24, 2.45) is 0 Å². The van der Waals surface area contributed by atoms with Gasteiger partial charge in [0.15, 0.2) is 5.82 Å². The summed E-state index contributed by atoms with van der Waals surface area (Å²) in [5.41, 5.74) is 2.23. The molecule has 0 saturated carbocycles. The van der Waals surface area contributed by atoms with E-state index in [0.717, 1.165) is 61.7 Å². The fraction of sp³-hybridized carbons (Fsp3) is 0.522. The van der Waals surface area contributed by atoms with Crippen LogP contribution < -0.4 is 10.1 Å². The van der Waals surface area contributed by atoms with Crippen LogP contribution in [0.4, 0.5) is 10.2 Å². The molecule has 1 atom stereocenters. The number of likely N-dealkylation sites (N-methyl/N-ethyl adjacent to an activating group) is 1. The van der Waals surface area contributed by atoms with E-state index in [-0.39, 0.29) is 30.8 Å². The van der Waals surface area contributed by atoms with Crippen LogP contribution in [0.15, 0.2) is 24.3 Å². The lowest BCUT2D eigenvalue weighted by Gasteiger charge is -2.36. The largest absolute Gasteiger partial charge is 0.493 e. The highest BCUT2D eigenvalue weighted by molar-refractivity contribution is 5.77. The molecule has 31 heavy (non-hydrogen) atoms. The Morgan fingerprint density at radius 2 is 2.16 bits per heavy atom. The van der Waals surface area contributed by atoms with E-state index in [1.807, 2.05) is 11.9 Å². The van der Waals surface area contributed by atoms with Crippen LogP contribution in [0.25, 0.3) is 0 Å². The van der Waals surface area contributed by atoms with E-state index in [9.17, 15) is 9.18 Å². The number of hydrogen-bond acceptors (Lipinski definition) is 6. The number of anilines is 1. The zero-order chi connectivity index (χ0) is 21.8. The number of nitrogens with one attached hydrogen (secondary N) is 1. The third kappa shape index (κ3) is 4.95. The molecule has 4 rings (SSSR count). The Kier molecular flexibility index (Phi) is 6.65. The summed E-state index contributed by atoms with van der Waals surface area (Å²) in [7, 11) is 3.98. The Labute approximate surface area is 182 Å². The minimum absolute atomic E-state index is 0.0214. The van der Waals surface area contributed by atoms with Gasteiger partial charge in [0, 0.05) is 44.7 Å². The molecular weight excluding hydrogens is 397 g/mol. The van der Waals surface area contributed by atoms with Crippen molar-refractivity contribution in [3.63, 3.8) is 0 Å². The number of likely N-dealkylation sites (tertiary alicyclic amines) is 1. The van der Waals surface area contributed by atoms with Gasteiger partial charge in [-0.05, 0) is 38.4 Å². The van der Waals surface area contributed by atoms with E-state index >= 15 is 0 Å². The number of amides is 1. The molecule has 0 bridgehead atoms. The second-order valence-electron chi connectivity index (χ2n) is 8.25. The van der Waals surface area contributed by atoms with E-state index in [1.54, 1.807) is 12.1 Å². The van der Waals surface area contributed by atoms with Crippen molar-refractivity contribution in [1.82, 2.24) is 19.8 Å². The molecule has 2 aliphatic rings. The molecule has 166 valence electrons. The number of nitrogens with zero attached hydrogens (tertiary/aromatic N) is 4. The molecule has 0 spiro atoms. The van der Waals surface area contributed by atoms with Gasteiger partial charge in [0.05, 0.1) is 24.8 Å². The lowest BCUT2D eigenvalue weighted by molar-refractivity contribution is -0.135. The van der Waals surface area contributed by atoms with Crippen LogP contribution in [-0.2, 0) is 17.8 Å². The summed E-state index contributed by atoms with van der Waals surface area (Å²) in [6.07, 6.45) is 4.01. The number of halogens is 1. The summed E-state index contributed by atoms with van der Waals surface area (Å²) < 4.78 is 18.9. The van der Waals surface area contributed by atoms with Gasteiger partial charge < -0.3 is 19.9 Å². The summed E-state index contributed by atoms with van der Waals surface area (Å²) in [6.45, 7) is 2.71. The van der Waals surface area contributed by atoms with Crippen molar-refractivity contribution < 1.29 is 13.9 Å². The lowest BCUT2D eigenvalue weighted by Crippen LogP contribution is -2.40. The monoisotopic (exact) mass is 427 g/mol. The van der Waals surface area contributed by atoms with Gasteiger partial charge in [-0.25, -0.2) is 14.4 Å². The second-order valence-corrected chi connectivity index (χ2v) is 8.25. The molecule has 8 heteroatoms. The number of ether oxygens (including phenoxy) is 1. The molecule has 0 unspecified atom stereocenters. The van der Waals surface area contributed by atoms with Crippen molar-refractivity contribution in [3.8, 4) is 5.75 Å². The Bertz CT molecular complexity index is 921. The van der Waals surface area contributed by atoms with E-state index < -0.39 is 0 Å². The molecule has 3 heterocycles. The third-order valence-electron chi connectivity index (χ3n) is 6.01. The van der Waals surface area contributed by atoms with Crippen LogP contribution in [0.2, 0.25) is 0 Å². The average molecular weight is 428 g/mol. The number of rotatable bonds is 6. The van der Waals surface area contributed by atoms with E-state index in [4.69, 9.17) is 14.7 Å². The Morgan fingerprint density at radius 1 is 1.29 bits per heavy atom. The Balaban J connectivity index is 1.47. The number of fused-ring (bicyclic) bond motifs is 1. The molecule has 1 amide bonds. The maximum Gasteiger partial charge on any atom is 0.226 e. The molecule has 2 aliphatic heterocycles. The van der Waals surface area contributed by atoms with Gasteiger partial charge >= 0.3 is 0 Å². The molecule has 0 radical (unpaired) electrons. The summed E-state index contributed by atoms with van der Waals surface area (Å²) in [4.78, 5) is 26.9. The standard InChI is InChI=1S/C23H30FN5O2/c1-25-22-18-15-28(2)12-9-19(18)26-23(27-22)20-8-3-4-11-29(20)21(30)10-13-31-17-7-5-6-16(24)14-17/h5-7,14,20H,3-4,8-13,15H2,1-2H3,(H,25,26,27)/t20-/m0/s1. The van der Waals surface area contributed by atoms with Crippen molar-refractivity contribution in [1.29, 1.82) is 0 Å². The maximum absolute atomic E-state index is 13.3. The van der Waals surface area contributed by atoms with Gasteiger partial charge in [-0.2, -0.15) is 0 Å². The number of benzene rings is 1. The number of carbonyl (C=O) groups excluding carboxylic acids is 1. The number of carbonyl (C=O) groups is 1. The van der Waals surface area contributed by atoms with Gasteiger partial charge in [0.25, 0.3) is 0 Å². The highest BCUT2D eigenvalue weighted by Gasteiger charge is 2.31. The molecular formula is C23H30FN5O2. The number of piperidine rings is 1. The first kappa shape index (κ1) is 21.5. The predicted octanol–water partition coefficient (Wildman–Crippen LogP) is 3.17. The molecule has 7 nitrogen and oxygen atoms in total. The van der Waals surface area contributed by atoms with Gasteiger partial charge in [-0.15, -0.1) is 0 Å². The van der Waals surface area contributed by atoms with Crippen LogP contribution in [0.5, 0.6) is 5.75 Å². The van der Waals surface area contributed by atoms with Crippen molar-refractivity contribution in [3.05, 3.63) is 47.2 Å². The molecule has 2 aromatic rings. The molecule has 1 aromatic heterocycles. The minimum atomic E-state index is -0.351. The summed E-state index contributed by atoms with van der Waals surface area (Å²) in [6, 6.07) is 5.86.